The predicted molar refractivity (Wildman–Crippen MR) is 100 cm³/mol. The van der Waals surface area contributed by atoms with Gasteiger partial charge < -0.3 is 0 Å². The standard InChI is InChI=1S/C19H16ClNO2S/c1-3-24-17-16(13-6-8-14(20)9-7-13)18(22)21(19(17)23)15-10-4-12(2)5-11-15/h4-11H,3H2,1-2H3. The molecule has 2 aromatic rings. The Bertz CT molecular complexity index is 825. The van der Waals surface area contributed by atoms with Crippen LogP contribution in [0.4, 0.5) is 5.69 Å². The number of hydrogen-bond donors (Lipinski definition) is 0. The van der Waals surface area contributed by atoms with Gasteiger partial charge in [0, 0.05) is 5.02 Å². The Kier molecular flexibility index (Phi) is 4.78. The van der Waals surface area contributed by atoms with Gasteiger partial charge in [0.1, 0.15) is 0 Å². The molecule has 1 aliphatic rings. The Morgan fingerprint density at radius 3 is 2.17 bits per heavy atom. The van der Waals surface area contributed by atoms with Crippen LogP contribution in [-0.4, -0.2) is 17.6 Å². The summed E-state index contributed by atoms with van der Waals surface area (Å²) in [5.41, 5.74) is 2.83. The first kappa shape index (κ1) is 16.8. The van der Waals surface area contributed by atoms with Crippen molar-refractivity contribution in [2.24, 2.45) is 0 Å². The minimum Gasteiger partial charge on any atom is -0.268 e. The van der Waals surface area contributed by atoms with Crippen molar-refractivity contribution in [3.05, 3.63) is 69.6 Å². The molecule has 2 aromatic carbocycles. The van der Waals surface area contributed by atoms with Crippen LogP contribution in [0.15, 0.2) is 53.4 Å². The second-order valence-electron chi connectivity index (χ2n) is 5.43. The fourth-order valence-electron chi connectivity index (χ4n) is 2.59. The van der Waals surface area contributed by atoms with Crippen LogP contribution >= 0.6 is 23.4 Å². The zero-order valence-corrected chi connectivity index (χ0v) is 14.9. The number of halogens is 1. The molecule has 24 heavy (non-hydrogen) atoms. The predicted octanol–water partition coefficient (Wildman–Crippen LogP) is 4.69. The number of rotatable bonds is 4. The lowest BCUT2D eigenvalue weighted by Crippen LogP contribution is -2.31. The summed E-state index contributed by atoms with van der Waals surface area (Å²) in [5.74, 6) is 0.162. The molecule has 3 nitrogen and oxygen atoms in total. The number of hydrogen-bond acceptors (Lipinski definition) is 3. The molecule has 0 spiro atoms. The molecule has 0 aromatic heterocycles. The van der Waals surface area contributed by atoms with Crippen molar-refractivity contribution in [2.75, 3.05) is 10.7 Å². The Balaban J connectivity index is 2.07. The number of thioether (sulfide) groups is 1. The van der Waals surface area contributed by atoms with Gasteiger partial charge in [-0.3, -0.25) is 9.59 Å². The van der Waals surface area contributed by atoms with E-state index in [1.807, 2.05) is 26.0 Å². The number of imide groups is 1. The number of amides is 2. The second-order valence-corrected chi connectivity index (χ2v) is 7.14. The third-order valence-corrected chi connectivity index (χ3v) is 4.96. The molecule has 122 valence electrons. The number of aryl methyl sites for hydroxylation is 1. The van der Waals surface area contributed by atoms with Gasteiger partial charge in [0.15, 0.2) is 0 Å². The molecule has 0 atom stereocenters. The molecule has 1 aliphatic heterocycles. The van der Waals surface area contributed by atoms with Crippen LogP contribution in [0.3, 0.4) is 0 Å². The highest BCUT2D eigenvalue weighted by Gasteiger charge is 2.39. The zero-order chi connectivity index (χ0) is 17.3. The lowest BCUT2D eigenvalue weighted by molar-refractivity contribution is -0.119. The fraction of sp³-hybridized carbons (Fsp3) is 0.158. The van der Waals surface area contributed by atoms with Gasteiger partial charge in [0.25, 0.3) is 11.8 Å². The Morgan fingerprint density at radius 2 is 1.58 bits per heavy atom. The fourth-order valence-corrected chi connectivity index (χ4v) is 3.57. The molecule has 0 radical (unpaired) electrons. The molecular formula is C19H16ClNO2S. The average Bonchev–Trinajstić information content (AvgIpc) is 2.81. The van der Waals surface area contributed by atoms with Crippen LogP contribution in [0.1, 0.15) is 18.1 Å². The monoisotopic (exact) mass is 357 g/mol. The third kappa shape index (κ3) is 2.99. The maximum Gasteiger partial charge on any atom is 0.272 e. The van der Waals surface area contributed by atoms with E-state index in [9.17, 15) is 9.59 Å². The number of benzene rings is 2. The Morgan fingerprint density at radius 1 is 0.958 bits per heavy atom. The van der Waals surface area contributed by atoms with E-state index in [0.717, 1.165) is 5.56 Å². The molecule has 0 unspecified atom stereocenters. The van der Waals surface area contributed by atoms with Gasteiger partial charge in [-0.2, -0.15) is 0 Å². The van der Waals surface area contributed by atoms with Crippen molar-refractivity contribution in [1.29, 1.82) is 0 Å². The maximum absolute atomic E-state index is 13.0. The van der Waals surface area contributed by atoms with Crippen molar-refractivity contribution >= 4 is 46.4 Å². The van der Waals surface area contributed by atoms with Gasteiger partial charge in [-0.05, 0) is 42.5 Å². The lowest BCUT2D eigenvalue weighted by Gasteiger charge is -2.15. The number of nitrogens with zero attached hydrogens (tertiary/aromatic N) is 1. The first-order valence-electron chi connectivity index (χ1n) is 7.61. The second kappa shape index (κ2) is 6.83. The summed E-state index contributed by atoms with van der Waals surface area (Å²) in [6.07, 6.45) is 0. The van der Waals surface area contributed by atoms with Crippen molar-refractivity contribution < 1.29 is 9.59 Å². The highest BCUT2D eigenvalue weighted by molar-refractivity contribution is 8.04. The molecule has 0 fully saturated rings. The molecule has 0 N–H and O–H groups in total. The van der Waals surface area contributed by atoms with E-state index in [-0.39, 0.29) is 11.8 Å². The van der Waals surface area contributed by atoms with Gasteiger partial charge in [0.2, 0.25) is 0 Å². The highest BCUT2D eigenvalue weighted by Crippen LogP contribution is 2.38. The molecule has 0 bridgehead atoms. The normalized spacial score (nSPS) is 14.7. The topological polar surface area (TPSA) is 37.4 Å². The molecule has 1 heterocycles. The minimum absolute atomic E-state index is 0.263. The summed E-state index contributed by atoms with van der Waals surface area (Å²) < 4.78 is 0. The summed E-state index contributed by atoms with van der Waals surface area (Å²) >= 11 is 7.33. The summed E-state index contributed by atoms with van der Waals surface area (Å²) in [6, 6.07) is 14.4. The lowest BCUT2D eigenvalue weighted by atomic mass is 10.1. The smallest absolute Gasteiger partial charge is 0.268 e. The van der Waals surface area contributed by atoms with Crippen molar-refractivity contribution in [1.82, 2.24) is 0 Å². The van der Waals surface area contributed by atoms with Crippen LogP contribution in [0, 0.1) is 6.92 Å². The van der Waals surface area contributed by atoms with Crippen LogP contribution in [0.2, 0.25) is 5.02 Å². The first-order chi connectivity index (χ1) is 11.5. The summed E-state index contributed by atoms with van der Waals surface area (Å²) in [4.78, 5) is 27.6. The van der Waals surface area contributed by atoms with E-state index in [0.29, 0.717) is 32.5 Å². The summed E-state index contributed by atoms with van der Waals surface area (Å²) in [6.45, 7) is 3.93. The van der Waals surface area contributed by atoms with E-state index >= 15 is 0 Å². The summed E-state index contributed by atoms with van der Waals surface area (Å²) in [5, 5.41) is 0.594. The number of carbonyl (C=O) groups excluding carboxylic acids is 2. The number of carbonyl (C=O) groups is 2. The Hall–Kier alpha value is -2.04. The van der Waals surface area contributed by atoms with E-state index in [4.69, 9.17) is 11.6 Å². The average molecular weight is 358 g/mol. The SMILES string of the molecule is CCSC1=C(c2ccc(Cl)cc2)C(=O)N(c2ccc(C)cc2)C1=O. The molecule has 3 rings (SSSR count). The van der Waals surface area contributed by atoms with Crippen molar-refractivity contribution in [3.8, 4) is 0 Å². The van der Waals surface area contributed by atoms with Gasteiger partial charge in [-0.15, -0.1) is 11.8 Å². The highest BCUT2D eigenvalue weighted by atomic mass is 35.5. The molecule has 0 saturated carbocycles. The first-order valence-corrected chi connectivity index (χ1v) is 8.97. The van der Waals surface area contributed by atoms with Gasteiger partial charge in [0.05, 0.1) is 16.2 Å². The van der Waals surface area contributed by atoms with Crippen LogP contribution in [0.5, 0.6) is 0 Å². The van der Waals surface area contributed by atoms with Crippen LogP contribution in [0.25, 0.3) is 5.57 Å². The van der Waals surface area contributed by atoms with Crippen LogP contribution < -0.4 is 4.90 Å². The minimum atomic E-state index is -0.290. The van der Waals surface area contributed by atoms with E-state index in [1.165, 1.54) is 16.7 Å². The molecular weight excluding hydrogens is 342 g/mol. The zero-order valence-electron chi connectivity index (χ0n) is 13.4. The van der Waals surface area contributed by atoms with Crippen molar-refractivity contribution in [3.63, 3.8) is 0 Å². The van der Waals surface area contributed by atoms with E-state index < -0.39 is 0 Å². The van der Waals surface area contributed by atoms with Gasteiger partial charge in [-0.1, -0.05) is 48.4 Å². The Labute approximate surface area is 150 Å². The molecule has 2 amide bonds. The quantitative estimate of drug-likeness (QED) is 0.745. The summed E-state index contributed by atoms with van der Waals surface area (Å²) in [7, 11) is 0. The van der Waals surface area contributed by atoms with Crippen molar-refractivity contribution in [2.45, 2.75) is 13.8 Å². The molecule has 5 heteroatoms. The maximum atomic E-state index is 13.0. The van der Waals surface area contributed by atoms with Gasteiger partial charge >= 0.3 is 0 Å². The van der Waals surface area contributed by atoms with Crippen LogP contribution in [-0.2, 0) is 9.59 Å². The largest absolute Gasteiger partial charge is 0.272 e. The van der Waals surface area contributed by atoms with E-state index in [2.05, 4.69) is 0 Å². The van der Waals surface area contributed by atoms with E-state index in [1.54, 1.807) is 36.4 Å². The molecule has 0 saturated heterocycles. The van der Waals surface area contributed by atoms with Gasteiger partial charge in [-0.25, -0.2) is 4.90 Å². The number of anilines is 1. The molecule has 0 aliphatic carbocycles. The third-order valence-electron chi connectivity index (χ3n) is 3.76.